The molecule has 2 heterocycles. The zero-order valence-corrected chi connectivity index (χ0v) is 17.3. The molecule has 0 spiro atoms. The average Bonchev–Trinajstić information content (AvgIpc) is 3.42. The van der Waals surface area contributed by atoms with Gasteiger partial charge in [-0.25, -0.2) is 4.79 Å². The van der Waals surface area contributed by atoms with E-state index in [1.807, 2.05) is 30.3 Å². The highest BCUT2D eigenvalue weighted by molar-refractivity contribution is 7.17. The Hall–Kier alpha value is -3.37. The van der Waals surface area contributed by atoms with Crippen LogP contribution in [0, 0.1) is 11.3 Å². The summed E-state index contributed by atoms with van der Waals surface area (Å²) in [6.07, 6.45) is 3.05. The van der Waals surface area contributed by atoms with Gasteiger partial charge in [0.05, 0.1) is 29.9 Å². The Kier molecular flexibility index (Phi) is 5.42. The smallest absolute Gasteiger partial charge is 0.341 e. The van der Waals surface area contributed by atoms with Crippen LogP contribution >= 0.6 is 11.3 Å². The summed E-state index contributed by atoms with van der Waals surface area (Å²) < 4.78 is 10.4. The summed E-state index contributed by atoms with van der Waals surface area (Å²) >= 11 is 1.33. The Morgan fingerprint density at radius 1 is 1.27 bits per heavy atom. The molecule has 152 valence electrons. The topological polar surface area (TPSA) is 92.3 Å². The number of carbonyl (C=O) groups is 2. The van der Waals surface area contributed by atoms with Crippen molar-refractivity contribution in [3.63, 3.8) is 0 Å². The lowest BCUT2D eigenvalue weighted by Gasteiger charge is -2.31. The number of furan rings is 1. The number of carbonyl (C=O) groups excluding carboxylic acids is 2. The zero-order chi connectivity index (χ0) is 21.1. The third-order valence-electron chi connectivity index (χ3n) is 5.35. The summed E-state index contributed by atoms with van der Waals surface area (Å²) in [5.74, 6) is -0.737. The number of hydrogen-bond acceptors (Lipinski definition) is 6. The predicted octanol–water partition coefficient (Wildman–Crippen LogP) is 4.72. The number of thiophene rings is 1. The summed E-state index contributed by atoms with van der Waals surface area (Å²) in [7, 11) is 0. The number of esters is 1. The molecular formula is C23H20N2O4S. The van der Waals surface area contributed by atoms with Gasteiger partial charge in [0.15, 0.2) is 5.76 Å². The van der Waals surface area contributed by atoms with E-state index in [9.17, 15) is 14.9 Å². The molecule has 0 saturated heterocycles. The van der Waals surface area contributed by atoms with E-state index < -0.39 is 17.3 Å². The quantitative estimate of drug-likeness (QED) is 0.603. The largest absolute Gasteiger partial charge is 0.462 e. The first-order valence-corrected chi connectivity index (χ1v) is 10.5. The highest BCUT2D eigenvalue weighted by Gasteiger charge is 2.40. The summed E-state index contributed by atoms with van der Waals surface area (Å²) in [5.41, 5.74) is 1.55. The molecule has 0 bridgehead atoms. The van der Waals surface area contributed by atoms with E-state index in [4.69, 9.17) is 9.15 Å². The molecule has 1 aliphatic carbocycles. The lowest BCUT2D eigenvalue weighted by Crippen LogP contribution is -2.31. The Bertz CT molecular complexity index is 1110. The van der Waals surface area contributed by atoms with E-state index in [0.717, 1.165) is 16.0 Å². The van der Waals surface area contributed by atoms with E-state index >= 15 is 0 Å². The maximum atomic E-state index is 12.7. The Morgan fingerprint density at radius 2 is 2.07 bits per heavy atom. The van der Waals surface area contributed by atoms with E-state index in [1.165, 1.54) is 17.6 Å². The maximum Gasteiger partial charge on any atom is 0.341 e. The van der Waals surface area contributed by atoms with Gasteiger partial charge in [-0.2, -0.15) is 5.26 Å². The molecule has 1 aromatic carbocycles. The first-order valence-electron chi connectivity index (χ1n) is 9.71. The van der Waals surface area contributed by atoms with Crippen LogP contribution in [0.15, 0.2) is 53.1 Å². The van der Waals surface area contributed by atoms with Crippen LogP contribution in [-0.2, 0) is 23.0 Å². The highest BCUT2D eigenvalue weighted by Crippen LogP contribution is 2.45. The molecule has 1 atom stereocenters. The van der Waals surface area contributed by atoms with Gasteiger partial charge in [-0.3, -0.25) is 4.79 Å². The SMILES string of the molecule is CCOC(=O)c1c(NC(=O)c2ccco2)sc2c1CC[C@](C#N)(c1ccccc1)C2. The third kappa shape index (κ3) is 3.51. The third-order valence-corrected chi connectivity index (χ3v) is 6.49. The van der Waals surface area contributed by atoms with Crippen molar-refractivity contribution in [2.45, 2.75) is 31.6 Å². The molecule has 1 aliphatic rings. The molecule has 2 aromatic heterocycles. The minimum atomic E-state index is -0.659. The highest BCUT2D eigenvalue weighted by atomic mass is 32.1. The van der Waals surface area contributed by atoms with Crippen LogP contribution < -0.4 is 5.32 Å². The number of nitrogens with one attached hydrogen (secondary N) is 1. The van der Waals surface area contributed by atoms with Crippen molar-refractivity contribution in [2.24, 2.45) is 0 Å². The molecule has 0 aliphatic heterocycles. The van der Waals surface area contributed by atoms with Crippen molar-refractivity contribution in [3.8, 4) is 6.07 Å². The van der Waals surface area contributed by atoms with Crippen molar-refractivity contribution in [1.29, 1.82) is 5.26 Å². The predicted molar refractivity (Wildman–Crippen MR) is 113 cm³/mol. The van der Waals surface area contributed by atoms with Gasteiger partial charge in [-0.05, 0) is 43.0 Å². The van der Waals surface area contributed by atoms with Gasteiger partial charge in [-0.1, -0.05) is 30.3 Å². The number of rotatable bonds is 5. The van der Waals surface area contributed by atoms with Crippen LogP contribution in [0.25, 0.3) is 0 Å². The molecular weight excluding hydrogens is 400 g/mol. The molecule has 1 amide bonds. The fourth-order valence-corrected chi connectivity index (χ4v) is 5.21. The van der Waals surface area contributed by atoms with Crippen LogP contribution in [0.5, 0.6) is 0 Å². The molecule has 0 saturated carbocycles. The van der Waals surface area contributed by atoms with Crippen LogP contribution in [0.1, 0.15) is 50.3 Å². The first-order chi connectivity index (χ1) is 14.6. The first kappa shape index (κ1) is 19.9. The molecule has 4 rings (SSSR count). The summed E-state index contributed by atoms with van der Waals surface area (Å²) in [6.45, 7) is 1.98. The summed E-state index contributed by atoms with van der Waals surface area (Å²) in [5, 5.41) is 13.3. The maximum absolute atomic E-state index is 12.7. The molecule has 6 nitrogen and oxygen atoms in total. The Morgan fingerprint density at radius 3 is 2.73 bits per heavy atom. The molecule has 1 N–H and O–H groups in total. The van der Waals surface area contributed by atoms with Crippen LogP contribution in [0.2, 0.25) is 0 Å². The van der Waals surface area contributed by atoms with Crippen molar-refractivity contribution >= 4 is 28.2 Å². The van der Waals surface area contributed by atoms with E-state index in [2.05, 4.69) is 11.4 Å². The zero-order valence-electron chi connectivity index (χ0n) is 16.4. The number of nitriles is 1. The second-order valence-electron chi connectivity index (χ2n) is 7.10. The van der Waals surface area contributed by atoms with Gasteiger partial charge >= 0.3 is 5.97 Å². The van der Waals surface area contributed by atoms with Gasteiger partial charge in [0.2, 0.25) is 0 Å². The Balaban J connectivity index is 1.73. The van der Waals surface area contributed by atoms with Crippen LogP contribution in [0.4, 0.5) is 5.00 Å². The van der Waals surface area contributed by atoms with Crippen molar-refractivity contribution in [2.75, 3.05) is 11.9 Å². The number of anilines is 1. The van der Waals surface area contributed by atoms with Crippen LogP contribution in [-0.4, -0.2) is 18.5 Å². The molecule has 30 heavy (non-hydrogen) atoms. The molecule has 0 radical (unpaired) electrons. The standard InChI is InChI=1S/C23H20N2O4S/c1-2-28-22(27)19-16-10-11-23(14-24,15-7-4-3-5-8-15)13-18(16)30-21(19)25-20(26)17-9-6-12-29-17/h3-9,12H,2,10-11,13H2,1H3,(H,25,26)/t23-/m0/s1. The number of benzene rings is 1. The minimum absolute atomic E-state index is 0.159. The number of fused-ring (bicyclic) bond motifs is 1. The second-order valence-corrected chi connectivity index (χ2v) is 8.20. The van der Waals surface area contributed by atoms with E-state index in [-0.39, 0.29) is 12.4 Å². The average molecular weight is 420 g/mol. The van der Waals surface area contributed by atoms with Crippen molar-refractivity contribution in [1.82, 2.24) is 0 Å². The van der Waals surface area contributed by atoms with Gasteiger partial charge in [-0.15, -0.1) is 11.3 Å². The van der Waals surface area contributed by atoms with Gasteiger partial charge in [0.1, 0.15) is 5.00 Å². The number of nitrogens with zero attached hydrogens (tertiary/aromatic N) is 1. The molecule has 3 aromatic rings. The monoisotopic (exact) mass is 420 g/mol. The van der Waals surface area contributed by atoms with Gasteiger partial charge < -0.3 is 14.5 Å². The van der Waals surface area contributed by atoms with Gasteiger partial charge in [0.25, 0.3) is 5.91 Å². The van der Waals surface area contributed by atoms with E-state index in [1.54, 1.807) is 19.1 Å². The number of amides is 1. The summed E-state index contributed by atoms with van der Waals surface area (Å²) in [4.78, 5) is 26.2. The normalized spacial score (nSPS) is 17.6. The number of hydrogen-bond donors (Lipinski definition) is 1. The van der Waals surface area contributed by atoms with E-state index in [0.29, 0.717) is 29.8 Å². The van der Waals surface area contributed by atoms with Crippen LogP contribution in [0.3, 0.4) is 0 Å². The van der Waals surface area contributed by atoms with Gasteiger partial charge in [0, 0.05) is 11.3 Å². The second kappa shape index (κ2) is 8.17. The lowest BCUT2D eigenvalue weighted by atomic mass is 9.70. The molecule has 0 unspecified atom stereocenters. The van der Waals surface area contributed by atoms with Crippen molar-refractivity contribution < 1.29 is 18.7 Å². The molecule has 7 heteroatoms. The van der Waals surface area contributed by atoms with Crippen molar-refractivity contribution in [3.05, 3.63) is 76.1 Å². The molecule has 0 fully saturated rings. The fraction of sp³-hybridized carbons (Fsp3) is 0.261. The fourth-order valence-electron chi connectivity index (χ4n) is 3.86. The lowest BCUT2D eigenvalue weighted by molar-refractivity contribution is 0.0526. The number of ether oxygens (including phenoxy) is 1. The Labute approximate surface area is 178 Å². The summed E-state index contributed by atoms with van der Waals surface area (Å²) in [6, 6.07) is 15.4. The minimum Gasteiger partial charge on any atom is -0.462 e.